The molecule has 1 fully saturated rings. The van der Waals surface area contributed by atoms with Crippen LogP contribution in [0.5, 0.6) is 0 Å². The third-order valence-corrected chi connectivity index (χ3v) is 9.00. The summed E-state index contributed by atoms with van der Waals surface area (Å²) in [7, 11) is 0. The second-order valence-corrected chi connectivity index (χ2v) is 11.7. The van der Waals surface area contributed by atoms with E-state index < -0.39 is 0 Å². The molecule has 2 atom stereocenters. The molecule has 6 nitrogen and oxygen atoms in total. The number of aromatic nitrogens is 2. The van der Waals surface area contributed by atoms with E-state index in [1.165, 1.54) is 10.5 Å². The predicted octanol–water partition coefficient (Wildman–Crippen LogP) is 7.04. The fourth-order valence-electron chi connectivity index (χ4n) is 6.07. The van der Waals surface area contributed by atoms with Crippen LogP contribution in [0.1, 0.15) is 42.1 Å². The molecule has 1 aromatic carbocycles. The maximum Gasteiger partial charge on any atom is 0.150 e. The number of aliphatic imine (C=N–C) groups is 1. The summed E-state index contributed by atoms with van der Waals surface area (Å²) in [6.45, 7) is 19.5. The number of amidine groups is 1. The number of nitrogens with zero attached hydrogens (tertiary/aromatic N) is 6. The molecular formula is C33H36N6S. The zero-order chi connectivity index (χ0) is 28.1. The molecular weight excluding hydrogens is 512 g/mol. The molecule has 2 aromatic heterocycles. The summed E-state index contributed by atoms with van der Waals surface area (Å²) in [4.78, 5) is 23.8. The Morgan fingerprint density at radius 1 is 1.07 bits per heavy atom. The summed E-state index contributed by atoms with van der Waals surface area (Å²) in [5.74, 6) is 2.97. The van der Waals surface area contributed by atoms with E-state index in [4.69, 9.17) is 15.0 Å². The Bertz CT molecular complexity index is 1590. The molecule has 40 heavy (non-hydrogen) atoms. The lowest BCUT2D eigenvalue weighted by Gasteiger charge is -2.45. The highest BCUT2D eigenvalue weighted by Crippen LogP contribution is 2.48. The van der Waals surface area contributed by atoms with Gasteiger partial charge in [-0.3, -0.25) is 9.88 Å². The van der Waals surface area contributed by atoms with Crippen molar-refractivity contribution in [3.8, 4) is 11.3 Å². The van der Waals surface area contributed by atoms with Crippen molar-refractivity contribution in [3.05, 3.63) is 102 Å². The average Bonchev–Trinajstić information content (AvgIpc) is 2.96. The van der Waals surface area contributed by atoms with E-state index >= 15 is 0 Å². The third kappa shape index (κ3) is 4.24. The zero-order valence-electron chi connectivity index (χ0n) is 24.0. The van der Waals surface area contributed by atoms with Crippen LogP contribution >= 0.6 is 11.8 Å². The minimum Gasteiger partial charge on any atom is -0.368 e. The van der Waals surface area contributed by atoms with Crippen molar-refractivity contribution in [2.45, 2.75) is 44.6 Å². The van der Waals surface area contributed by atoms with E-state index in [1.54, 1.807) is 11.8 Å². The summed E-state index contributed by atoms with van der Waals surface area (Å²) in [5, 5.41) is 0. The van der Waals surface area contributed by atoms with Crippen molar-refractivity contribution >= 4 is 29.1 Å². The number of hydrogen-bond acceptors (Lipinski definition) is 7. The summed E-state index contributed by atoms with van der Waals surface area (Å²) in [6, 6.07) is 13.1. The van der Waals surface area contributed by atoms with Crippen LogP contribution in [0, 0.1) is 13.8 Å². The van der Waals surface area contributed by atoms with Gasteiger partial charge in [-0.1, -0.05) is 44.3 Å². The highest BCUT2D eigenvalue weighted by atomic mass is 32.2. The van der Waals surface area contributed by atoms with Crippen molar-refractivity contribution in [1.82, 2.24) is 19.8 Å². The predicted molar refractivity (Wildman–Crippen MR) is 167 cm³/mol. The molecule has 3 aliphatic rings. The molecule has 0 amide bonds. The molecule has 2 unspecified atom stereocenters. The van der Waals surface area contributed by atoms with Gasteiger partial charge in [-0.25, -0.2) is 9.98 Å². The van der Waals surface area contributed by atoms with Crippen molar-refractivity contribution in [3.63, 3.8) is 0 Å². The number of thioether (sulfide) groups is 1. The Hall–Kier alpha value is -3.84. The summed E-state index contributed by atoms with van der Waals surface area (Å²) in [5.41, 5.74) is 8.71. The van der Waals surface area contributed by atoms with Gasteiger partial charge in [-0.05, 0) is 62.4 Å². The molecule has 3 aromatic rings. The zero-order valence-corrected chi connectivity index (χ0v) is 24.8. The van der Waals surface area contributed by atoms with Gasteiger partial charge in [0.2, 0.25) is 0 Å². The monoisotopic (exact) mass is 548 g/mol. The van der Waals surface area contributed by atoms with Crippen LogP contribution in [0.15, 0.2) is 89.3 Å². The van der Waals surface area contributed by atoms with Crippen molar-refractivity contribution < 1.29 is 0 Å². The van der Waals surface area contributed by atoms with Crippen LogP contribution in [-0.4, -0.2) is 57.5 Å². The molecule has 7 heteroatoms. The first-order valence-corrected chi connectivity index (χ1v) is 15.1. The lowest BCUT2D eigenvalue weighted by molar-refractivity contribution is 0.171. The number of pyridine rings is 2. The van der Waals surface area contributed by atoms with Crippen LogP contribution in [0.4, 0.5) is 11.5 Å². The lowest BCUT2D eigenvalue weighted by atomic mass is 9.96. The third-order valence-electron chi connectivity index (χ3n) is 8.23. The number of benzene rings is 1. The van der Waals surface area contributed by atoms with Crippen LogP contribution in [-0.2, 0) is 0 Å². The normalized spacial score (nSPS) is 19.8. The number of hydrogen-bond donors (Lipinski definition) is 0. The van der Waals surface area contributed by atoms with E-state index in [2.05, 4.69) is 104 Å². The summed E-state index contributed by atoms with van der Waals surface area (Å²) < 4.78 is 0. The minimum atomic E-state index is 0.145. The van der Waals surface area contributed by atoms with Gasteiger partial charge in [0.15, 0.2) is 5.82 Å². The van der Waals surface area contributed by atoms with Gasteiger partial charge >= 0.3 is 0 Å². The smallest absolute Gasteiger partial charge is 0.150 e. The maximum atomic E-state index is 5.46. The SMILES string of the molecule is C=CC(=C)N1CCN(C2=NC3=CC(C)c4nccc(SC)c4N3c3nc(-c4ccccc4C)c(C)cc32)C(C)C1. The Morgan fingerprint density at radius 3 is 2.60 bits per heavy atom. The lowest BCUT2D eigenvalue weighted by Crippen LogP contribution is -2.54. The van der Waals surface area contributed by atoms with Crippen molar-refractivity contribution in [1.29, 1.82) is 0 Å². The fraction of sp³-hybridized carbons (Fsp3) is 0.303. The molecule has 0 saturated carbocycles. The van der Waals surface area contributed by atoms with E-state index in [0.717, 1.165) is 76.6 Å². The molecule has 3 aliphatic heterocycles. The van der Waals surface area contributed by atoms with Crippen LogP contribution in [0.3, 0.4) is 0 Å². The van der Waals surface area contributed by atoms with E-state index in [0.29, 0.717) is 0 Å². The number of aryl methyl sites for hydroxylation is 2. The van der Waals surface area contributed by atoms with Crippen LogP contribution in [0.2, 0.25) is 0 Å². The maximum absolute atomic E-state index is 5.46. The summed E-state index contributed by atoms with van der Waals surface area (Å²) in [6.07, 6.45) is 8.12. The molecule has 6 rings (SSSR count). The molecule has 0 bridgehead atoms. The molecule has 1 saturated heterocycles. The highest BCUT2D eigenvalue weighted by Gasteiger charge is 2.38. The summed E-state index contributed by atoms with van der Waals surface area (Å²) >= 11 is 1.74. The minimum absolute atomic E-state index is 0.145. The molecule has 5 heterocycles. The largest absolute Gasteiger partial charge is 0.368 e. The van der Waals surface area contributed by atoms with Gasteiger partial charge in [0.1, 0.15) is 11.7 Å². The molecule has 0 spiro atoms. The topological polar surface area (TPSA) is 47.9 Å². The van der Waals surface area contributed by atoms with E-state index in [1.807, 2.05) is 12.3 Å². The van der Waals surface area contributed by atoms with Crippen molar-refractivity contribution in [2.24, 2.45) is 4.99 Å². The van der Waals surface area contributed by atoms with Crippen LogP contribution < -0.4 is 4.90 Å². The second-order valence-electron chi connectivity index (χ2n) is 10.9. The average molecular weight is 549 g/mol. The highest BCUT2D eigenvalue weighted by molar-refractivity contribution is 7.98. The Labute approximate surface area is 241 Å². The van der Waals surface area contributed by atoms with Gasteiger partial charge in [0.05, 0.1) is 22.6 Å². The number of piperazine rings is 1. The van der Waals surface area contributed by atoms with Gasteiger partial charge in [-0.15, -0.1) is 11.8 Å². The first-order chi connectivity index (χ1) is 19.3. The Balaban J connectivity index is 1.56. The van der Waals surface area contributed by atoms with Crippen molar-refractivity contribution in [2.75, 3.05) is 30.8 Å². The fourth-order valence-corrected chi connectivity index (χ4v) is 6.65. The number of rotatable bonds is 4. The van der Waals surface area contributed by atoms with Gasteiger partial charge in [-0.2, -0.15) is 0 Å². The first kappa shape index (κ1) is 26.4. The van der Waals surface area contributed by atoms with Gasteiger partial charge in [0.25, 0.3) is 0 Å². The number of allylic oxidation sites excluding steroid dienone is 2. The van der Waals surface area contributed by atoms with E-state index in [-0.39, 0.29) is 12.0 Å². The number of anilines is 2. The Morgan fingerprint density at radius 2 is 1.88 bits per heavy atom. The molecule has 0 N–H and O–H groups in total. The quantitative estimate of drug-likeness (QED) is 0.257. The Kier molecular flexibility index (Phi) is 6.78. The second kappa shape index (κ2) is 10.3. The first-order valence-electron chi connectivity index (χ1n) is 13.9. The van der Waals surface area contributed by atoms with E-state index in [9.17, 15) is 0 Å². The van der Waals surface area contributed by atoms with Crippen LogP contribution in [0.25, 0.3) is 11.3 Å². The molecule has 0 aliphatic carbocycles. The van der Waals surface area contributed by atoms with Gasteiger partial charge < -0.3 is 9.80 Å². The molecule has 204 valence electrons. The number of fused-ring (bicyclic) bond motifs is 5. The van der Waals surface area contributed by atoms with Gasteiger partial charge in [0, 0.05) is 53.9 Å². The molecule has 0 radical (unpaired) electrons. The standard InChI is InChI=1S/C33H36N6S/c1-8-23(5)37-15-16-38(24(6)19-37)32-26-17-21(3)29(25-12-10-9-11-20(25)2)36-33(26)39-28(35-32)18-22(4)30-31(39)27(40-7)13-14-34-30/h8-14,17-18,22,24H,1,5,15-16,19H2,2-4,6-7H3.